The maximum Gasteiger partial charge on any atom is 0.337 e. The molecule has 6 nitrogen and oxygen atoms in total. The number of para-hydroxylation sites is 1. The fraction of sp³-hybridized carbons (Fsp3) is 0.467. The molecule has 2 N–H and O–H groups in total. The summed E-state index contributed by atoms with van der Waals surface area (Å²) in [6.07, 6.45) is 1.48. The van der Waals surface area contributed by atoms with Crippen LogP contribution in [0.15, 0.2) is 18.2 Å². The van der Waals surface area contributed by atoms with Crippen LogP contribution in [0, 0.1) is 0 Å². The molecule has 21 heavy (non-hydrogen) atoms. The largest absolute Gasteiger partial charge is 0.478 e. The number of carboxylic acids is 1. The predicted octanol–water partition coefficient (Wildman–Crippen LogP) is 1.70. The molecule has 0 aliphatic heterocycles. The Morgan fingerprint density at radius 1 is 1.38 bits per heavy atom. The van der Waals surface area contributed by atoms with Crippen LogP contribution in [0.3, 0.4) is 0 Å². The summed E-state index contributed by atoms with van der Waals surface area (Å²) < 4.78 is 7.20. The van der Waals surface area contributed by atoms with E-state index in [-0.39, 0.29) is 12.2 Å². The van der Waals surface area contributed by atoms with Crippen LogP contribution in [0.2, 0.25) is 0 Å². The molecule has 0 saturated heterocycles. The van der Waals surface area contributed by atoms with Gasteiger partial charge in [0.15, 0.2) is 0 Å². The molecule has 114 valence electrons. The Morgan fingerprint density at radius 2 is 2.19 bits per heavy atom. The number of carbonyl (C=O) groups is 1. The summed E-state index contributed by atoms with van der Waals surface area (Å²) in [6, 6.07) is 5.15. The highest BCUT2D eigenvalue weighted by Crippen LogP contribution is 2.21. The summed E-state index contributed by atoms with van der Waals surface area (Å²) in [5.74, 6) is -0.0678. The number of hydrogen-bond acceptors (Lipinski definition) is 4. The standard InChI is InChI=1S/C15H20N2O4/c1-2-13-16-12-6-3-5-11(15(19)20)14(12)17(13)7-4-9-21-10-8-18/h3,5-6,18H,2,4,7-10H2,1H3,(H,19,20). The zero-order valence-electron chi connectivity index (χ0n) is 12.1. The Labute approximate surface area is 123 Å². The number of carboxylic acid groups (broad SMARTS) is 1. The number of nitrogens with zero attached hydrogens (tertiary/aromatic N) is 2. The van der Waals surface area contributed by atoms with E-state index < -0.39 is 5.97 Å². The van der Waals surface area contributed by atoms with Crippen LogP contribution in [0.1, 0.15) is 29.5 Å². The van der Waals surface area contributed by atoms with Crippen LogP contribution in [-0.4, -0.2) is 45.6 Å². The molecule has 2 aromatic rings. The zero-order chi connectivity index (χ0) is 15.2. The van der Waals surface area contributed by atoms with E-state index in [2.05, 4.69) is 4.98 Å². The smallest absolute Gasteiger partial charge is 0.337 e. The Morgan fingerprint density at radius 3 is 2.86 bits per heavy atom. The molecule has 0 bridgehead atoms. The highest BCUT2D eigenvalue weighted by molar-refractivity contribution is 6.01. The Bertz CT molecular complexity index is 621. The van der Waals surface area contributed by atoms with Crippen LogP contribution < -0.4 is 0 Å². The first-order chi connectivity index (χ1) is 10.2. The van der Waals surface area contributed by atoms with Gasteiger partial charge in [0.2, 0.25) is 0 Å². The molecule has 1 aromatic carbocycles. The minimum absolute atomic E-state index is 0.0113. The average molecular weight is 292 g/mol. The summed E-state index contributed by atoms with van der Waals surface area (Å²) >= 11 is 0. The molecule has 1 heterocycles. The van der Waals surface area contributed by atoms with Crippen molar-refractivity contribution in [3.63, 3.8) is 0 Å². The molecule has 0 spiro atoms. The van der Waals surface area contributed by atoms with Crippen molar-refractivity contribution in [1.29, 1.82) is 0 Å². The third kappa shape index (κ3) is 3.40. The van der Waals surface area contributed by atoms with Crippen molar-refractivity contribution >= 4 is 17.0 Å². The molecular formula is C15H20N2O4. The number of aryl methyl sites for hydroxylation is 2. The second-order valence-electron chi connectivity index (χ2n) is 4.70. The van der Waals surface area contributed by atoms with E-state index in [0.717, 1.165) is 18.7 Å². The number of imidazole rings is 1. The Kier molecular flexibility index (Phi) is 5.30. The van der Waals surface area contributed by atoms with Crippen LogP contribution in [0.25, 0.3) is 11.0 Å². The van der Waals surface area contributed by atoms with Gasteiger partial charge in [-0.25, -0.2) is 9.78 Å². The molecular weight excluding hydrogens is 272 g/mol. The van der Waals surface area contributed by atoms with E-state index in [9.17, 15) is 9.90 Å². The maximum absolute atomic E-state index is 11.4. The maximum atomic E-state index is 11.4. The van der Waals surface area contributed by atoms with Crippen molar-refractivity contribution in [3.05, 3.63) is 29.6 Å². The third-order valence-electron chi connectivity index (χ3n) is 3.30. The van der Waals surface area contributed by atoms with Crippen molar-refractivity contribution in [1.82, 2.24) is 9.55 Å². The number of ether oxygens (including phenoxy) is 1. The lowest BCUT2D eigenvalue weighted by Gasteiger charge is -2.09. The first-order valence-corrected chi connectivity index (χ1v) is 7.09. The van der Waals surface area contributed by atoms with Gasteiger partial charge in [-0.15, -0.1) is 0 Å². The lowest BCUT2D eigenvalue weighted by atomic mass is 10.2. The van der Waals surface area contributed by atoms with Crippen molar-refractivity contribution in [2.24, 2.45) is 0 Å². The average Bonchev–Trinajstić information content (AvgIpc) is 2.84. The van der Waals surface area contributed by atoms with Gasteiger partial charge in [-0.1, -0.05) is 13.0 Å². The van der Waals surface area contributed by atoms with Crippen molar-refractivity contribution < 1.29 is 19.7 Å². The van der Waals surface area contributed by atoms with Crippen molar-refractivity contribution in [2.75, 3.05) is 19.8 Å². The zero-order valence-corrected chi connectivity index (χ0v) is 12.1. The predicted molar refractivity (Wildman–Crippen MR) is 78.6 cm³/mol. The minimum Gasteiger partial charge on any atom is -0.478 e. The second kappa shape index (κ2) is 7.19. The molecule has 0 atom stereocenters. The molecule has 1 aromatic heterocycles. The van der Waals surface area contributed by atoms with Gasteiger partial charge >= 0.3 is 5.97 Å². The molecule has 2 rings (SSSR count). The van der Waals surface area contributed by atoms with E-state index in [0.29, 0.717) is 30.8 Å². The molecule has 0 radical (unpaired) electrons. The highest BCUT2D eigenvalue weighted by Gasteiger charge is 2.16. The number of rotatable bonds is 8. The number of fused-ring (bicyclic) bond motifs is 1. The van der Waals surface area contributed by atoms with Crippen LogP contribution >= 0.6 is 0 Å². The quantitative estimate of drug-likeness (QED) is 0.723. The van der Waals surface area contributed by atoms with Crippen molar-refractivity contribution in [2.45, 2.75) is 26.3 Å². The van der Waals surface area contributed by atoms with E-state index in [1.54, 1.807) is 12.1 Å². The molecule has 6 heteroatoms. The Hall–Kier alpha value is -1.92. The number of hydrogen-bond donors (Lipinski definition) is 2. The molecule has 0 amide bonds. The minimum atomic E-state index is -0.944. The molecule has 0 saturated carbocycles. The third-order valence-corrected chi connectivity index (χ3v) is 3.30. The molecule has 0 aliphatic carbocycles. The lowest BCUT2D eigenvalue weighted by Crippen LogP contribution is -2.09. The summed E-state index contributed by atoms with van der Waals surface area (Å²) in [6.45, 7) is 3.51. The fourth-order valence-corrected chi connectivity index (χ4v) is 2.41. The summed E-state index contributed by atoms with van der Waals surface area (Å²) in [7, 11) is 0. The summed E-state index contributed by atoms with van der Waals surface area (Å²) in [5.41, 5.74) is 1.66. The summed E-state index contributed by atoms with van der Waals surface area (Å²) in [5, 5.41) is 18.0. The monoisotopic (exact) mass is 292 g/mol. The highest BCUT2D eigenvalue weighted by atomic mass is 16.5. The van der Waals surface area contributed by atoms with Crippen LogP contribution in [0.5, 0.6) is 0 Å². The van der Waals surface area contributed by atoms with Gasteiger partial charge in [-0.3, -0.25) is 0 Å². The molecule has 0 unspecified atom stereocenters. The number of aromatic carboxylic acids is 1. The second-order valence-corrected chi connectivity index (χ2v) is 4.70. The Balaban J connectivity index is 2.29. The van der Waals surface area contributed by atoms with Gasteiger partial charge in [-0.05, 0) is 18.6 Å². The van der Waals surface area contributed by atoms with E-state index in [4.69, 9.17) is 9.84 Å². The number of aliphatic hydroxyl groups is 1. The van der Waals surface area contributed by atoms with Gasteiger partial charge < -0.3 is 19.5 Å². The number of aliphatic hydroxyl groups excluding tert-OH is 1. The molecule has 0 fully saturated rings. The van der Waals surface area contributed by atoms with E-state index in [1.165, 1.54) is 0 Å². The number of benzene rings is 1. The van der Waals surface area contributed by atoms with Gasteiger partial charge in [0.05, 0.1) is 29.8 Å². The first-order valence-electron chi connectivity index (χ1n) is 7.09. The van der Waals surface area contributed by atoms with Crippen molar-refractivity contribution in [3.8, 4) is 0 Å². The topological polar surface area (TPSA) is 84.6 Å². The fourth-order valence-electron chi connectivity index (χ4n) is 2.41. The van der Waals surface area contributed by atoms with Crippen LogP contribution in [-0.2, 0) is 17.7 Å². The lowest BCUT2D eigenvalue weighted by molar-refractivity contribution is 0.0698. The van der Waals surface area contributed by atoms with Crippen LogP contribution in [0.4, 0.5) is 0 Å². The first kappa shape index (κ1) is 15.5. The SMILES string of the molecule is CCc1nc2cccc(C(=O)O)c2n1CCCOCCO. The van der Waals surface area contributed by atoms with E-state index >= 15 is 0 Å². The number of aromatic nitrogens is 2. The van der Waals surface area contributed by atoms with E-state index in [1.807, 2.05) is 17.6 Å². The van der Waals surface area contributed by atoms with Gasteiger partial charge in [-0.2, -0.15) is 0 Å². The van der Waals surface area contributed by atoms with Gasteiger partial charge in [0.1, 0.15) is 5.82 Å². The normalized spacial score (nSPS) is 11.1. The summed E-state index contributed by atoms with van der Waals surface area (Å²) in [4.78, 5) is 15.9. The van der Waals surface area contributed by atoms with Gasteiger partial charge in [0.25, 0.3) is 0 Å². The van der Waals surface area contributed by atoms with Gasteiger partial charge in [0, 0.05) is 19.6 Å². The molecule has 0 aliphatic rings.